The van der Waals surface area contributed by atoms with E-state index in [1.807, 2.05) is 13.8 Å². The lowest BCUT2D eigenvalue weighted by molar-refractivity contribution is -0.108. The summed E-state index contributed by atoms with van der Waals surface area (Å²) in [6.07, 6.45) is 4.76. The van der Waals surface area contributed by atoms with Crippen LogP contribution in [-0.2, 0) is 16.0 Å². The molecule has 5 nitrogen and oxygen atoms in total. The maximum absolute atomic E-state index is 10.3. The molecule has 0 amide bonds. The molecule has 0 saturated carbocycles. The highest BCUT2D eigenvalue weighted by atomic mass is 16.5. The van der Waals surface area contributed by atoms with Gasteiger partial charge in [-0.05, 0) is 33.2 Å². The van der Waals surface area contributed by atoms with Crippen LogP contribution in [0.4, 0.5) is 0 Å². The minimum atomic E-state index is -0.947. The average Bonchev–Trinajstić information content (AvgIpc) is 2.70. The smallest absolute Gasteiger partial charge is 0.334 e. The number of aromatic nitrogens is 2. The first-order valence-electron chi connectivity index (χ1n) is 5.96. The number of hydrogen-bond acceptors (Lipinski definition) is 4. The molecule has 0 aromatic carbocycles. The fourth-order valence-corrected chi connectivity index (χ4v) is 1.11. The van der Waals surface area contributed by atoms with Gasteiger partial charge in [-0.2, -0.15) is 5.10 Å². The van der Waals surface area contributed by atoms with Crippen LogP contribution >= 0.6 is 0 Å². The summed E-state index contributed by atoms with van der Waals surface area (Å²) in [5.41, 5.74) is -0.840. The molecule has 1 aromatic rings. The fraction of sp³-hybridized carbons (Fsp3) is 0.667. The molecule has 99 valence electrons. The second-order valence-electron chi connectivity index (χ2n) is 5.30. The van der Waals surface area contributed by atoms with Gasteiger partial charge in [0.2, 0.25) is 0 Å². The van der Waals surface area contributed by atoms with Crippen molar-refractivity contribution in [3.05, 3.63) is 12.4 Å². The van der Waals surface area contributed by atoms with Crippen LogP contribution in [0.1, 0.15) is 34.1 Å². The van der Waals surface area contributed by atoms with Gasteiger partial charge in [0.1, 0.15) is 6.29 Å². The normalized spacial score (nSPS) is 12.5. The van der Waals surface area contributed by atoms with Gasteiger partial charge in [0, 0.05) is 25.4 Å². The van der Waals surface area contributed by atoms with E-state index < -0.39 is 11.2 Å². The average molecular weight is 251 g/mol. The number of aryl methyl sites for hydroxylation is 1. The van der Waals surface area contributed by atoms with Gasteiger partial charge >= 0.3 is 7.48 Å². The molecule has 0 atom stereocenters. The predicted octanol–water partition coefficient (Wildman–Crippen LogP) is 0.283. The molecule has 0 unspecified atom stereocenters. The lowest BCUT2D eigenvalue weighted by Gasteiger charge is -2.37. The van der Waals surface area contributed by atoms with Crippen LogP contribution in [0.3, 0.4) is 0 Å². The van der Waals surface area contributed by atoms with E-state index in [0.29, 0.717) is 13.0 Å². The van der Waals surface area contributed by atoms with Crippen molar-refractivity contribution in [3.63, 3.8) is 0 Å². The molecule has 0 bridgehead atoms. The van der Waals surface area contributed by atoms with Gasteiger partial charge in [-0.1, -0.05) is 0 Å². The summed E-state index contributed by atoms with van der Waals surface area (Å²) in [4.78, 5) is 10.3. The van der Waals surface area contributed by atoms with Crippen LogP contribution in [0.5, 0.6) is 0 Å². The molecule has 0 spiro atoms. The van der Waals surface area contributed by atoms with Crippen LogP contribution in [0.25, 0.3) is 0 Å². The highest BCUT2D eigenvalue weighted by molar-refractivity contribution is 6.46. The zero-order valence-electron chi connectivity index (χ0n) is 11.4. The van der Waals surface area contributed by atoms with Crippen molar-refractivity contribution in [1.82, 2.24) is 9.78 Å². The monoisotopic (exact) mass is 251 g/mol. The first-order valence-corrected chi connectivity index (χ1v) is 5.96. The van der Waals surface area contributed by atoms with E-state index in [4.69, 9.17) is 4.65 Å². The standard InChI is InChI=1S/C12H20BN2O3/c1-11(2,17)12(3,4)18-13-10-8-14-15(9-10)6-5-7-16/h7-9,17H,5-6H2,1-4H3. The van der Waals surface area contributed by atoms with Gasteiger partial charge in [-0.25, -0.2) is 0 Å². The van der Waals surface area contributed by atoms with E-state index in [1.54, 1.807) is 38.4 Å². The summed E-state index contributed by atoms with van der Waals surface area (Å²) in [5, 5.41) is 14.0. The quantitative estimate of drug-likeness (QED) is 0.558. The second kappa shape index (κ2) is 5.67. The van der Waals surface area contributed by atoms with Gasteiger partial charge in [-0.15, -0.1) is 0 Å². The summed E-state index contributed by atoms with van der Waals surface area (Å²) in [6, 6.07) is 0. The number of aliphatic hydroxyl groups is 1. The number of aldehydes is 1. The zero-order valence-corrected chi connectivity index (χ0v) is 11.4. The minimum Gasteiger partial charge on any atom is -0.427 e. The molecular formula is C12H20BN2O3. The number of carbonyl (C=O) groups is 1. The van der Waals surface area contributed by atoms with Crippen LogP contribution in [0.2, 0.25) is 0 Å². The third-order valence-corrected chi connectivity index (χ3v) is 3.09. The first-order chi connectivity index (χ1) is 8.26. The molecule has 0 saturated heterocycles. The van der Waals surface area contributed by atoms with Crippen molar-refractivity contribution in [2.24, 2.45) is 0 Å². The summed E-state index contributed by atoms with van der Waals surface area (Å²) in [5.74, 6) is 0. The molecule has 1 N–H and O–H groups in total. The third-order valence-electron chi connectivity index (χ3n) is 3.09. The van der Waals surface area contributed by atoms with Gasteiger partial charge in [-0.3, -0.25) is 4.68 Å². The maximum Gasteiger partial charge on any atom is 0.334 e. The molecule has 1 rings (SSSR count). The van der Waals surface area contributed by atoms with Crippen molar-refractivity contribution < 1.29 is 14.6 Å². The summed E-state index contributed by atoms with van der Waals surface area (Å²) in [7, 11) is 1.57. The molecule has 6 heteroatoms. The van der Waals surface area contributed by atoms with Gasteiger partial charge in [0.05, 0.1) is 11.2 Å². The van der Waals surface area contributed by atoms with E-state index in [1.165, 1.54) is 0 Å². The molecule has 0 aliphatic carbocycles. The van der Waals surface area contributed by atoms with E-state index >= 15 is 0 Å². The fourth-order valence-electron chi connectivity index (χ4n) is 1.11. The summed E-state index contributed by atoms with van der Waals surface area (Å²) >= 11 is 0. The lowest BCUT2D eigenvalue weighted by atomic mass is 9.84. The highest BCUT2D eigenvalue weighted by Gasteiger charge is 2.35. The Labute approximate surface area is 108 Å². The second-order valence-corrected chi connectivity index (χ2v) is 5.30. The Morgan fingerprint density at radius 3 is 2.72 bits per heavy atom. The Morgan fingerprint density at radius 2 is 2.17 bits per heavy atom. The van der Waals surface area contributed by atoms with Crippen molar-refractivity contribution in [3.8, 4) is 0 Å². The Hall–Kier alpha value is -1.14. The summed E-state index contributed by atoms with van der Waals surface area (Å²) < 4.78 is 7.28. The highest BCUT2D eigenvalue weighted by Crippen LogP contribution is 2.24. The Kier molecular flexibility index (Phi) is 4.70. The Bertz CT molecular complexity index is 396. The summed E-state index contributed by atoms with van der Waals surface area (Å²) in [6.45, 7) is 7.61. The van der Waals surface area contributed by atoms with Crippen molar-refractivity contribution in [2.75, 3.05) is 0 Å². The van der Waals surface area contributed by atoms with E-state index in [0.717, 1.165) is 11.7 Å². The topological polar surface area (TPSA) is 64.3 Å². The molecule has 1 heterocycles. The third kappa shape index (κ3) is 3.96. The van der Waals surface area contributed by atoms with Crippen LogP contribution in [0.15, 0.2) is 12.4 Å². The molecule has 0 aliphatic rings. The number of hydrogen-bond donors (Lipinski definition) is 1. The van der Waals surface area contributed by atoms with Crippen molar-refractivity contribution >= 4 is 19.2 Å². The van der Waals surface area contributed by atoms with Gasteiger partial charge < -0.3 is 14.6 Å². The number of carbonyl (C=O) groups excluding carboxylic acids is 1. The van der Waals surface area contributed by atoms with Gasteiger partial charge in [0.25, 0.3) is 0 Å². The van der Waals surface area contributed by atoms with E-state index in [2.05, 4.69) is 5.10 Å². The number of nitrogens with zero attached hydrogens (tertiary/aromatic N) is 2. The molecule has 0 aliphatic heterocycles. The first kappa shape index (κ1) is 14.9. The van der Waals surface area contributed by atoms with Crippen molar-refractivity contribution in [2.45, 2.75) is 51.9 Å². The van der Waals surface area contributed by atoms with Crippen LogP contribution < -0.4 is 5.46 Å². The lowest BCUT2D eigenvalue weighted by Crippen LogP contribution is -2.49. The van der Waals surface area contributed by atoms with Crippen molar-refractivity contribution in [1.29, 1.82) is 0 Å². The molecule has 0 fully saturated rings. The number of rotatable bonds is 7. The molecular weight excluding hydrogens is 231 g/mol. The molecule has 1 radical (unpaired) electrons. The Morgan fingerprint density at radius 1 is 1.50 bits per heavy atom. The van der Waals surface area contributed by atoms with E-state index in [-0.39, 0.29) is 0 Å². The predicted molar refractivity (Wildman–Crippen MR) is 69.8 cm³/mol. The van der Waals surface area contributed by atoms with Gasteiger partial charge in [0.15, 0.2) is 0 Å². The molecule has 1 aromatic heterocycles. The molecule has 18 heavy (non-hydrogen) atoms. The largest absolute Gasteiger partial charge is 0.427 e. The minimum absolute atomic E-state index is 0.442. The van der Waals surface area contributed by atoms with E-state index in [9.17, 15) is 9.90 Å². The maximum atomic E-state index is 10.3. The Balaban J connectivity index is 2.53. The zero-order chi connectivity index (χ0) is 13.8. The SMILES string of the molecule is CC(C)(O)C(C)(C)O[B]c1cnn(CCC=O)c1. The van der Waals surface area contributed by atoms with Crippen LogP contribution in [0, 0.1) is 0 Å². The van der Waals surface area contributed by atoms with Crippen LogP contribution in [-0.4, -0.2) is 39.9 Å².